The van der Waals surface area contributed by atoms with Gasteiger partial charge in [0.2, 0.25) is 0 Å². The molecule has 0 spiro atoms. The van der Waals surface area contributed by atoms with Crippen LogP contribution in [0, 0.1) is 17.6 Å². The van der Waals surface area contributed by atoms with E-state index in [1.165, 1.54) is 24.3 Å². The highest BCUT2D eigenvalue weighted by molar-refractivity contribution is 6.31. The molecule has 0 aromatic heterocycles. The summed E-state index contributed by atoms with van der Waals surface area (Å²) in [5.41, 5.74) is -3.01. The first-order valence-electron chi connectivity index (χ1n) is 12.2. The lowest BCUT2D eigenvalue weighted by Gasteiger charge is -2.58. The summed E-state index contributed by atoms with van der Waals surface area (Å²) in [7, 11) is 0. The molecule has 3 N–H and O–H groups in total. The highest BCUT2D eigenvalue weighted by Crippen LogP contribution is 2.52. The molecule has 3 saturated carbocycles. The fraction of sp³-hybridized carbons (Fsp3) is 0.423. The number of alkyl halides is 1. The summed E-state index contributed by atoms with van der Waals surface area (Å²) < 4.78 is 43.0. The third kappa shape index (κ3) is 7.00. The number of hydrogen-bond donors (Lipinski definition) is 3. The molecule has 0 heterocycles. The average Bonchev–Trinajstić information content (AvgIpc) is 2.90. The lowest BCUT2D eigenvalue weighted by atomic mass is 9.56. The van der Waals surface area contributed by atoms with E-state index in [-0.39, 0.29) is 28.0 Å². The van der Waals surface area contributed by atoms with Gasteiger partial charge in [-0.25, -0.2) is 13.6 Å². The minimum absolute atomic E-state index is 0.0774. The van der Waals surface area contributed by atoms with Crippen LogP contribution in [0.4, 0.5) is 13.6 Å². The molecule has 2 atom stereocenters. The SMILES string of the molecule is O=C(COc1ccc(Cl)c(F)c1)NC12CCC(NC(=O)COc3ccc(Cl)c(F)c3)(CC1)[C@@H](C(Cl)OC(=O)O)C2. The van der Waals surface area contributed by atoms with Crippen LogP contribution in [-0.4, -0.2) is 52.9 Å². The minimum Gasteiger partial charge on any atom is -0.484 e. The van der Waals surface area contributed by atoms with Crippen molar-refractivity contribution < 1.29 is 42.5 Å². The van der Waals surface area contributed by atoms with Crippen LogP contribution in [0.5, 0.6) is 11.5 Å². The van der Waals surface area contributed by atoms with Crippen molar-refractivity contribution >= 4 is 52.8 Å². The van der Waals surface area contributed by atoms with Crippen molar-refractivity contribution in [2.24, 2.45) is 5.92 Å². The summed E-state index contributed by atoms with van der Waals surface area (Å²) in [6.07, 6.45) is 0.233. The Morgan fingerprint density at radius 1 is 0.900 bits per heavy atom. The van der Waals surface area contributed by atoms with Gasteiger partial charge < -0.3 is 30.0 Å². The standard InChI is InChI=1S/C26H25Cl3F2N2O7/c27-17-3-1-14(9-19(17)30)38-12-21(34)32-25-5-7-26(8-6-25,16(11-25)23(29)40-24(36)37)33-22(35)13-39-15-2-4-18(28)20(31)10-15/h1-4,9-10,16,23H,5-8,11-13H2,(H,32,34)(H,33,35)(H,36,37)/t16-,23?,25?,26?/m1/s1. The van der Waals surface area contributed by atoms with Gasteiger partial charge in [-0.3, -0.25) is 9.59 Å². The van der Waals surface area contributed by atoms with Crippen molar-refractivity contribution in [2.45, 2.75) is 48.7 Å². The van der Waals surface area contributed by atoms with E-state index in [9.17, 15) is 23.2 Å². The molecule has 2 aromatic rings. The zero-order valence-electron chi connectivity index (χ0n) is 20.9. The minimum atomic E-state index is -1.59. The highest BCUT2D eigenvalue weighted by Gasteiger charge is 2.58. The Morgan fingerprint density at radius 2 is 1.40 bits per heavy atom. The van der Waals surface area contributed by atoms with Gasteiger partial charge in [0.25, 0.3) is 11.8 Å². The van der Waals surface area contributed by atoms with E-state index in [1.54, 1.807) is 0 Å². The maximum Gasteiger partial charge on any atom is 0.507 e. The number of carboxylic acid groups (broad SMARTS) is 1. The zero-order chi connectivity index (χ0) is 29.1. The number of rotatable bonds is 10. The summed E-state index contributed by atoms with van der Waals surface area (Å²) in [5.74, 6) is -2.85. The third-order valence-electron chi connectivity index (χ3n) is 7.26. The van der Waals surface area contributed by atoms with Gasteiger partial charge in [0.15, 0.2) is 18.8 Å². The lowest BCUT2D eigenvalue weighted by Crippen LogP contribution is -2.70. The van der Waals surface area contributed by atoms with Crippen molar-refractivity contribution in [1.82, 2.24) is 10.6 Å². The molecule has 3 fully saturated rings. The average molecular weight is 622 g/mol. The molecule has 216 valence electrons. The fourth-order valence-electron chi connectivity index (χ4n) is 5.36. The second-order valence-electron chi connectivity index (χ2n) is 9.81. The number of carbonyl (C=O) groups excluding carboxylic acids is 2. The molecule has 9 nitrogen and oxygen atoms in total. The summed E-state index contributed by atoms with van der Waals surface area (Å²) >= 11 is 17.7. The van der Waals surface area contributed by atoms with Gasteiger partial charge in [-0.05, 0) is 56.4 Å². The van der Waals surface area contributed by atoms with Gasteiger partial charge in [0.1, 0.15) is 23.1 Å². The predicted octanol–water partition coefficient (Wildman–Crippen LogP) is 5.29. The summed E-state index contributed by atoms with van der Waals surface area (Å²) in [4.78, 5) is 36.9. The Balaban J connectivity index is 1.41. The van der Waals surface area contributed by atoms with Crippen molar-refractivity contribution in [1.29, 1.82) is 0 Å². The second kappa shape index (κ2) is 12.2. The van der Waals surface area contributed by atoms with E-state index in [0.29, 0.717) is 25.7 Å². The number of hydrogen-bond acceptors (Lipinski definition) is 6. The lowest BCUT2D eigenvalue weighted by molar-refractivity contribution is -0.135. The van der Waals surface area contributed by atoms with Gasteiger partial charge in [-0.2, -0.15) is 0 Å². The molecular formula is C26H25Cl3F2N2O7. The van der Waals surface area contributed by atoms with Crippen LogP contribution in [-0.2, 0) is 14.3 Å². The van der Waals surface area contributed by atoms with Crippen LogP contribution in [0.1, 0.15) is 32.1 Å². The molecule has 1 unspecified atom stereocenters. The topological polar surface area (TPSA) is 123 Å². The second-order valence-corrected chi connectivity index (χ2v) is 11.1. The number of carbonyl (C=O) groups is 3. The van der Waals surface area contributed by atoms with Crippen LogP contribution in [0.15, 0.2) is 36.4 Å². The molecule has 3 aliphatic rings. The molecular weight excluding hydrogens is 597 g/mol. The number of halogens is 5. The maximum absolute atomic E-state index is 13.7. The largest absolute Gasteiger partial charge is 0.507 e. The molecule has 2 aromatic carbocycles. The summed E-state index contributed by atoms with van der Waals surface area (Å²) in [6, 6.07) is 7.58. The van der Waals surface area contributed by atoms with Gasteiger partial charge >= 0.3 is 6.16 Å². The normalized spacial score (nSPS) is 24.1. The monoisotopic (exact) mass is 620 g/mol. The molecule has 40 heavy (non-hydrogen) atoms. The summed E-state index contributed by atoms with van der Waals surface area (Å²) in [6.45, 7) is -0.833. The van der Waals surface area contributed by atoms with E-state index in [1.807, 2.05) is 0 Å². The molecule has 3 aliphatic carbocycles. The number of ether oxygens (including phenoxy) is 3. The van der Waals surface area contributed by atoms with Crippen molar-refractivity contribution in [3.8, 4) is 11.5 Å². The van der Waals surface area contributed by atoms with Crippen LogP contribution >= 0.6 is 34.8 Å². The Labute approximate surface area is 243 Å². The van der Waals surface area contributed by atoms with Crippen molar-refractivity contribution in [2.75, 3.05) is 13.2 Å². The van der Waals surface area contributed by atoms with Crippen molar-refractivity contribution in [3.63, 3.8) is 0 Å². The van der Waals surface area contributed by atoms with Gasteiger partial charge in [0.05, 0.1) is 10.0 Å². The molecule has 0 aliphatic heterocycles. The molecule has 5 rings (SSSR count). The number of amides is 2. The van der Waals surface area contributed by atoms with E-state index >= 15 is 0 Å². The maximum atomic E-state index is 13.7. The van der Waals surface area contributed by atoms with E-state index < -0.39 is 65.4 Å². The first kappa shape index (κ1) is 30.0. The van der Waals surface area contributed by atoms with E-state index in [4.69, 9.17) is 54.1 Å². The van der Waals surface area contributed by atoms with E-state index in [0.717, 1.165) is 12.1 Å². The first-order valence-corrected chi connectivity index (χ1v) is 13.4. The Kier molecular flexibility index (Phi) is 9.16. The van der Waals surface area contributed by atoms with Gasteiger partial charge in [-0.15, -0.1) is 0 Å². The number of benzene rings is 2. The first-order chi connectivity index (χ1) is 18.9. The van der Waals surface area contributed by atoms with E-state index in [2.05, 4.69) is 10.6 Å². The third-order valence-corrected chi connectivity index (χ3v) is 8.27. The fourth-order valence-corrected chi connectivity index (χ4v) is 6.00. The van der Waals surface area contributed by atoms with Crippen LogP contribution < -0.4 is 20.1 Å². The molecule has 0 saturated heterocycles. The molecule has 14 heteroatoms. The predicted molar refractivity (Wildman–Crippen MR) is 141 cm³/mol. The highest BCUT2D eigenvalue weighted by atomic mass is 35.5. The van der Waals surface area contributed by atoms with Gasteiger partial charge in [-0.1, -0.05) is 34.8 Å². The number of nitrogens with one attached hydrogen (secondary N) is 2. The Bertz CT molecular complexity index is 1290. The Hall–Kier alpha value is -3.02. The van der Waals surface area contributed by atoms with Crippen molar-refractivity contribution in [3.05, 3.63) is 58.1 Å². The zero-order valence-corrected chi connectivity index (χ0v) is 23.1. The summed E-state index contributed by atoms with van der Waals surface area (Å²) in [5, 5.41) is 14.9. The molecule has 2 bridgehead atoms. The Morgan fingerprint density at radius 3 is 1.88 bits per heavy atom. The molecule has 2 amide bonds. The molecule has 0 radical (unpaired) electrons. The van der Waals surface area contributed by atoms with Gasteiger partial charge in [0, 0.05) is 29.1 Å². The van der Waals surface area contributed by atoms with Crippen LogP contribution in [0.2, 0.25) is 10.0 Å². The quantitative estimate of drug-likeness (QED) is 0.243. The number of fused-ring (bicyclic) bond motifs is 3. The smallest absolute Gasteiger partial charge is 0.484 e. The van der Waals surface area contributed by atoms with Crippen LogP contribution in [0.3, 0.4) is 0 Å². The van der Waals surface area contributed by atoms with Crippen LogP contribution in [0.25, 0.3) is 0 Å².